The number of benzene rings is 3. The molecule has 0 bridgehead atoms. The Balaban J connectivity index is 1.94. The lowest BCUT2D eigenvalue weighted by Gasteiger charge is -2.11. The third-order valence-electron chi connectivity index (χ3n) is 4.67. The summed E-state index contributed by atoms with van der Waals surface area (Å²) in [4.78, 5) is 13.5. The van der Waals surface area contributed by atoms with Crippen molar-refractivity contribution in [2.45, 2.75) is 6.92 Å². The van der Waals surface area contributed by atoms with Crippen molar-refractivity contribution >= 4 is 12.2 Å². The summed E-state index contributed by atoms with van der Waals surface area (Å²) in [6, 6.07) is 29.3. The second-order valence-electron chi connectivity index (χ2n) is 6.58. The molecule has 0 radical (unpaired) electrons. The Bertz CT molecular complexity index is 1160. The minimum atomic E-state index is -0.0196. The molecule has 0 aliphatic rings. The Morgan fingerprint density at radius 1 is 0.643 bits per heavy atom. The molecule has 28 heavy (non-hydrogen) atoms. The van der Waals surface area contributed by atoms with Crippen LogP contribution in [0.5, 0.6) is 0 Å². The van der Waals surface area contributed by atoms with Crippen LogP contribution in [0.1, 0.15) is 17.1 Å². The molecule has 0 atom stereocenters. The molecule has 2 heteroatoms. The summed E-state index contributed by atoms with van der Waals surface area (Å²) >= 11 is 0. The largest absolute Gasteiger partial charge is 0.460 e. The second-order valence-corrected chi connectivity index (χ2v) is 6.58. The molecule has 0 unspecified atom stereocenters. The molecule has 4 rings (SSSR count). The monoisotopic (exact) mass is 364 g/mol. The van der Waals surface area contributed by atoms with Crippen molar-refractivity contribution in [3.63, 3.8) is 0 Å². The zero-order chi connectivity index (χ0) is 19.3. The van der Waals surface area contributed by atoms with E-state index in [2.05, 4.69) is 0 Å². The minimum absolute atomic E-state index is 0.0196. The molecule has 4 aromatic rings. The van der Waals surface area contributed by atoms with Gasteiger partial charge in [-0.25, -0.2) is 0 Å². The first-order chi connectivity index (χ1) is 13.7. The molecule has 0 saturated carbocycles. The van der Waals surface area contributed by atoms with Gasteiger partial charge in [-0.05, 0) is 29.7 Å². The van der Waals surface area contributed by atoms with Crippen molar-refractivity contribution in [1.82, 2.24) is 0 Å². The Hall–Kier alpha value is -3.65. The van der Waals surface area contributed by atoms with Gasteiger partial charge in [0, 0.05) is 0 Å². The highest BCUT2D eigenvalue weighted by molar-refractivity contribution is 5.81. The van der Waals surface area contributed by atoms with Crippen LogP contribution >= 0.6 is 0 Å². The average molecular weight is 364 g/mol. The van der Waals surface area contributed by atoms with Crippen LogP contribution in [-0.4, -0.2) is 0 Å². The predicted molar refractivity (Wildman–Crippen MR) is 116 cm³/mol. The smallest absolute Gasteiger partial charge is 0.201 e. The van der Waals surface area contributed by atoms with Crippen molar-refractivity contribution in [3.8, 4) is 22.3 Å². The van der Waals surface area contributed by atoms with E-state index in [0.29, 0.717) is 22.6 Å². The first kappa shape index (κ1) is 17.7. The third kappa shape index (κ3) is 3.58. The molecule has 1 heterocycles. The third-order valence-corrected chi connectivity index (χ3v) is 4.67. The molecule has 0 spiro atoms. The van der Waals surface area contributed by atoms with E-state index in [-0.39, 0.29) is 5.43 Å². The number of hydrogen-bond donors (Lipinski definition) is 0. The van der Waals surface area contributed by atoms with Gasteiger partial charge in [0.1, 0.15) is 11.5 Å². The molecule has 0 N–H and O–H groups in total. The van der Waals surface area contributed by atoms with Gasteiger partial charge in [0.2, 0.25) is 5.43 Å². The van der Waals surface area contributed by atoms with Gasteiger partial charge in [-0.3, -0.25) is 4.79 Å². The zero-order valence-electron chi connectivity index (χ0n) is 15.6. The second kappa shape index (κ2) is 7.93. The van der Waals surface area contributed by atoms with Gasteiger partial charge in [0.25, 0.3) is 0 Å². The molecule has 0 amide bonds. The summed E-state index contributed by atoms with van der Waals surface area (Å²) in [7, 11) is 0. The van der Waals surface area contributed by atoms with Gasteiger partial charge in [0.15, 0.2) is 0 Å². The van der Waals surface area contributed by atoms with Gasteiger partial charge in [-0.2, -0.15) is 0 Å². The average Bonchev–Trinajstić information content (AvgIpc) is 2.74. The number of rotatable bonds is 4. The summed E-state index contributed by atoms with van der Waals surface area (Å²) < 4.78 is 6.16. The lowest BCUT2D eigenvalue weighted by molar-refractivity contribution is 0.510. The van der Waals surface area contributed by atoms with Crippen molar-refractivity contribution in [1.29, 1.82) is 0 Å². The fraction of sp³-hybridized carbons (Fsp3) is 0.0385. The zero-order valence-corrected chi connectivity index (χ0v) is 15.6. The maximum Gasteiger partial charge on any atom is 0.201 e. The Kier molecular flexibility index (Phi) is 5.03. The Morgan fingerprint density at radius 3 is 1.71 bits per heavy atom. The maximum absolute atomic E-state index is 13.5. The fourth-order valence-corrected chi connectivity index (χ4v) is 3.33. The normalized spacial score (nSPS) is 11.0. The van der Waals surface area contributed by atoms with E-state index in [9.17, 15) is 4.79 Å². The summed E-state index contributed by atoms with van der Waals surface area (Å²) in [6.45, 7) is 1.85. The Morgan fingerprint density at radius 2 is 1.14 bits per heavy atom. The van der Waals surface area contributed by atoms with E-state index < -0.39 is 0 Å². The molecule has 0 aliphatic heterocycles. The minimum Gasteiger partial charge on any atom is -0.460 e. The van der Waals surface area contributed by atoms with Crippen LogP contribution in [0.15, 0.2) is 100 Å². The quantitative estimate of drug-likeness (QED) is 0.416. The highest BCUT2D eigenvalue weighted by Crippen LogP contribution is 2.29. The summed E-state index contributed by atoms with van der Waals surface area (Å²) in [6.07, 6.45) is 3.84. The molecule has 1 aromatic heterocycles. The first-order valence-electron chi connectivity index (χ1n) is 9.26. The molecule has 0 aliphatic carbocycles. The highest BCUT2D eigenvalue weighted by atomic mass is 16.3. The van der Waals surface area contributed by atoms with E-state index in [1.54, 1.807) is 0 Å². The number of hydrogen-bond acceptors (Lipinski definition) is 2. The van der Waals surface area contributed by atoms with E-state index in [4.69, 9.17) is 4.42 Å². The van der Waals surface area contributed by atoms with Crippen molar-refractivity contribution in [3.05, 3.63) is 118 Å². The van der Waals surface area contributed by atoms with Gasteiger partial charge >= 0.3 is 0 Å². The van der Waals surface area contributed by atoms with Crippen molar-refractivity contribution in [2.75, 3.05) is 0 Å². The fourth-order valence-electron chi connectivity index (χ4n) is 3.33. The predicted octanol–water partition coefficient (Wildman–Crippen LogP) is 6.45. The van der Waals surface area contributed by atoms with E-state index in [0.717, 1.165) is 16.7 Å². The topological polar surface area (TPSA) is 30.2 Å². The first-order valence-corrected chi connectivity index (χ1v) is 9.26. The van der Waals surface area contributed by atoms with Crippen LogP contribution in [0.2, 0.25) is 0 Å². The van der Waals surface area contributed by atoms with Crippen LogP contribution in [-0.2, 0) is 0 Å². The number of aryl methyl sites for hydroxylation is 1. The summed E-state index contributed by atoms with van der Waals surface area (Å²) in [5, 5.41) is 0. The molecule has 0 fully saturated rings. The van der Waals surface area contributed by atoms with Gasteiger partial charge in [-0.15, -0.1) is 0 Å². The lowest BCUT2D eigenvalue weighted by Crippen LogP contribution is -2.11. The van der Waals surface area contributed by atoms with Crippen molar-refractivity contribution < 1.29 is 4.42 Å². The highest BCUT2D eigenvalue weighted by Gasteiger charge is 2.18. The molecular formula is C26H20O2. The molecule has 0 saturated heterocycles. The van der Waals surface area contributed by atoms with Crippen LogP contribution in [0.4, 0.5) is 0 Å². The van der Waals surface area contributed by atoms with Crippen LogP contribution in [0.3, 0.4) is 0 Å². The van der Waals surface area contributed by atoms with Crippen molar-refractivity contribution in [2.24, 2.45) is 0 Å². The van der Waals surface area contributed by atoms with Crippen LogP contribution in [0.25, 0.3) is 34.4 Å². The van der Waals surface area contributed by atoms with Crippen LogP contribution in [0, 0.1) is 6.92 Å². The maximum atomic E-state index is 13.5. The molecular weight excluding hydrogens is 344 g/mol. The van der Waals surface area contributed by atoms with E-state index >= 15 is 0 Å². The van der Waals surface area contributed by atoms with Gasteiger partial charge in [0.05, 0.1) is 11.1 Å². The lowest BCUT2D eigenvalue weighted by atomic mass is 9.97. The van der Waals surface area contributed by atoms with Gasteiger partial charge in [-0.1, -0.05) is 97.1 Å². The van der Waals surface area contributed by atoms with Crippen LogP contribution < -0.4 is 5.43 Å². The molecule has 136 valence electrons. The standard InChI is InChI=1S/C26H20O2/c1-19-24(21-13-7-3-8-14-21)26(27)25(22-15-9-4-10-16-22)23(28-19)18-17-20-11-5-2-6-12-20/h2-18H,1H3/b18-17+. The molecule has 3 aromatic carbocycles. The van der Waals surface area contributed by atoms with E-state index in [1.165, 1.54) is 0 Å². The van der Waals surface area contributed by atoms with E-state index in [1.807, 2.05) is 110 Å². The summed E-state index contributed by atoms with van der Waals surface area (Å²) in [5.41, 5.74) is 3.93. The summed E-state index contributed by atoms with van der Waals surface area (Å²) in [5.74, 6) is 1.18. The molecule has 2 nitrogen and oxygen atoms in total. The van der Waals surface area contributed by atoms with Gasteiger partial charge < -0.3 is 4.42 Å². The Labute approximate surface area is 164 Å². The SMILES string of the molecule is Cc1oc(/C=C/c2ccccc2)c(-c2ccccc2)c(=O)c1-c1ccccc1.